The fourth-order valence-corrected chi connectivity index (χ4v) is 4.54. The Kier molecular flexibility index (Phi) is 6.93. The first-order valence-electron chi connectivity index (χ1n) is 8.45. The van der Waals surface area contributed by atoms with Crippen molar-refractivity contribution in [2.45, 2.75) is 0 Å². The minimum Gasteiger partial charge on any atom is -0.493 e. The molecule has 3 rings (SSSR count). The van der Waals surface area contributed by atoms with Gasteiger partial charge in [-0.15, -0.1) is 0 Å². The molecule has 1 saturated heterocycles. The fourth-order valence-electron chi connectivity index (χ4n) is 2.66. The zero-order valence-electron chi connectivity index (χ0n) is 15.7. The van der Waals surface area contributed by atoms with Gasteiger partial charge in [0.1, 0.15) is 0 Å². The quantitative estimate of drug-likeness (QED) is 0.245. The highest BCUT2D eigenvalue weighted by molar-refractivity contribution is 9.10. The standard InChI is InChI=1S/C19H13BrN2O7S2/c1-28-14-7-10(6-13(20)17(14)29-9-16(23)24)8-15-18(25)21(19(30)31-15)11-2-4-12(5-3-11)22(26)27/h2-8H,9H2,1H3,(H,23,24)/b15-8+. The number of carboxylic acids is 1. The lowest BCUT2D eigenvalue weighted by Crippen LogP contribution is -2.27. The highest BCUT2D eigenvalue weighted by Gasteiger charge is 2.33. The van der Waals surface area contributed by atoms with Crippen LogP contribution in [0.5, 0.6) is 11.5 Å². The Morgan fingerprint density at radius 1 is 1.35 bits per heavy atom. The molecule has 2 aromatic rings. The van der Waals surface area contributed by atoms with Gasteiger partial charge < -0.3 is 14.6 Å². The largest absolute Gasteiger partial charge is 0.493 e. The van der Waals surface area contributed by atoms with Crippen LogP contribution in [0, 0.1) is 10.1 Å². The lowest BCUT2D eigenvalue weighted by atomic mass is 10.1. The molecule has 0 atom stereocenters. The van der Waals surface area contributed by atoms with Gasteiger partial charge in [-0.1, -0.05) is 24.0 Å². The Morgan fingerprint density at radius 3 is 2.61 bits per heavy atom. The number of halogens is 1. The number of methoxy groups -OCH3 is 1. The molecular formula is C19H13BrN2O7S2. The maximum absolute atomic E-state index is 12.9. The number of anilines is 1. The van der Waals surface area contributed by atoms with Crippen LogP contribution < -0.4 is 14.4 Å². The van der Waals surface area contributed by atoms with Crippen LogP contribution in [-0.4, -0.2) is 39.9 Å². The monoisotopic (exact) mass is 524 g/mol. The Balaban J connectivity index is 1.89. The number of hydrogen-bond donors (Lipinski definition) is 1. The highest BCUT2D eigenvalue weighted by atomic mass is 79.9. The number of benzene rings is 2. The average molecular weight is 525 g/mol. The van der Waals surface area contributed by atoms with Crippen LogP contribution in [0.15, 0.2) is 45.8 Å². The van der Waals surface area contributed by atoms with Crippen LogP contribution >= 0.6 is 39.9 Å². The lowest BCUT2D eigenvalue weighted by molar-refractivity contribution is -0.384. The van der Waals surface area contributed by atoms with E-state index >= 15 is 0 Å². The van der Waals surface area contributed by atoms with Crippen molar-refractivity contribution in [2.75, 3.05) is 18.6 Å². The van der Waals surface area contributed by atoms with Gasteiger partial charge in [0, 0.05) is 12.1 Å². The van der Waals surface area contributed by atoms with Gasteiger partial charge in [0.15, 0.2) is 22.4 Å². The van der Waals surface area contributed by atoms with E-state index in [4.69, 9.17) is 26.8 Å². The third-order valence-electron chi connectivity index (χ3n) is 4.00. The van der Waals surface area contributed by atoms with E-state index < -0.39 is 17.5 Å². The number of nitrogens with zero attached hydrogens (tertiary/aromatic N) is 2. The molecule has 1 N–H and O–H groups in total. The average Bonchev–Trinajstić information content (AvgIpc) is 2.99. The minimum absolute atomic E-state index is 0.0908. The first-order valence-corrected chi connectivity index (χ1v) is 10.5. The normalized spacial score (nSPS) is 14.8. The summed E-state index contributed by atoms with van der Waals surface area (Å²) in [7, 11) is 1.41. The van der Waals surface area contributed by atoms with Gasteiger partial charge in [-0.2, -0.15) is 0 Å². The number of carbonyl (C=O) groups is 2. The number of hydrogen-bond acceptors (Lipinski definition) is 8. The van der Waals surface area contributed by atoms with Crippen molar-refractivity contribution in [3.63, 3.8) is 0 Å². The maximum atomic E-state index is 12.9. The fraction of sp³-hybridized carbons (Fsp3) is 0.105. The van der Waals surface area contributed by atoms with Crippen LogP contribution in [0.3, 0.4) is 0 Å². The smallest absolute Gasteiger partial charge is 0.341 e. The molecule has 12 heteroatoms. The number of thioether (sulfide) groups is 1. The molecule has 1 aliphatic heterocycles. The number of rotatable bonds is 7. The summed E-state index contributed by atoms with van der Waals surface area (Å²) in [6.07, 6.45) is 1.61. The molecular weight excluding hydrogens is 512 g/mol. The topological polar surface area (TPSA) is 119 Å². The molecule has 0 spiro atoms. The number of ether oxygens (including phenoxy) is 2. The summed E-state index contributed by atoms with van der Waals surface area (Å²) in [6.45, 7) is -0.539. The Hall–Kier alpha value is -2.96. The van der Waals surface area contributed by atoms with Gasteiger partial charge in [-0.3, -0.25) is 19.8 Å². The van der Waals surface area contributed by atoms with Crippen LogP contribution in [0.2, 0.25) is 0 Å². The van der Waals surface area contributed by atoms with Gasteiger partial charge in [-0.05, 0) is 51.8 Å². The summed E-state index contributed by atoms with van der Waals surface area (Å²) < 4.78 is 11.3. The molecule has 1 heterocycles. The van der Waals surface area contributed by atoms with Crippen molar-refractivity contribution >= 4 is 73.6 Å². The van der Waals surface area contributed by atoms with Crippen molar-refractivity contribution in [1.82, 2.24) is 0 Å². The van der Waals surface area contributed by atoms with E-state index in [1.54, 1.807) is 18.2 Å². The molecule has 1 amide bonds. The first-order chi connectivity index (χ1) is 14.7. The summed E-state index contributed by atoms with van der Waals surface area (Å²) in [5, 5.41) is 19.6. The molecule has 0 radical (unpaired) electrons. The van der Waals surface area contributed by atoms with Crippen molar-refractivity contribution in [3.05, 3.63) is 61.5 Å². The molecule has 2 aromatic carbocycles. The second-order valence-electron chi connectivity index (χ2n) is 6.01. The summed E-state index contributed by atoms with van der Waals surface area (Å²) in [4.78, 5) is 35.6. The van der Waals surface area contributed by atoms with Gasteiger partial charge in [0.05, 0.1) is 27.1 Å². The predicted octanol–water partition coefficient (Wildman–Crippen LogP) is 4.24. The number of nitro groups is 1. The number of thiocarbonyl (C=S) groups is 1. The predicted molar refractivity (Wildman–Crippen MR) is 123 cm³/mol. The molecule has 0 bridgehead atoms. The Bertz CT molecular complexity index is 1120. The number of aliphatic carboxylic acids is 1. The van der Waals surface area contributed by atoms with Crippen LogP contribution in [-0.2, 0) is 9.59 Å². The van der Waals surface area contributed by atoms with E-state index in [0.717, 1.165) is 11.8 Å². The second kappa shape index (κ2) is 9.45. The van der Waals surface area contributed by atoms with Gasteiger partial charge >= 0.3 is 5.97 Å². The van der Waals surface area contributed by atoms with Crippen LogP contribution in [0.25, 0.3) is 6.08 Å². The first kappa shape index (κ1) is 22.7. The van der Waals surface area contributed by atoms with Crippen molar-refractivity contribution < 1.29 is 29.1 Å². The molecule has 0 aliphatic carbocycles. The number of nitro benzene ring substituents is 1. The van der Waals surface area contributed by atoms with Crippen LogP contribution in [0.4, 0.5) is 11.4 Å². The summed E-state index contributed by atoms with van der Waals surface area (Å²) in [5.74, 6) is -0.994. The zero-order valence-corrected chi connectivity index (χ0v) is 19.0. The third kappa shape index (κ3) is 5.03. The molecule has 31 heavy (non-hydrogen) atoms. The maximum Gasteiger partial charge on any atom is 0.341 e. The Labute approximate surface area is 193 Å². The molecule has 9 nitrogen and oxygen atoms in total. The molecule has 160 valence electrons. The van der Waals surface area contributed by atoms with Crippen molar-refractivity contribution in [3.8, 4) is 11.5 Å². The van der Waals surface area contributed by atoms with E-state index in [9.17, 15) is 19.7 Å². The van der Waals surface area contributed by atoms with E-state index in [-0.39, 0.29) is 27.4 Å². The molecule has 1 fully saturated rings. The molecule has 1 aliphatic rings. The van der Waals surface area contributed by atoms with E-state index in [1.807, 2.05) is 0 Å². The molecule has 0 saturated carbocycles. The SMILES string of the molecule is COc1cc(/C=C2/SC(=S)N(c3ccc([N+](=O)[O-])cc3)C2=O)cc(Br)c1OCC(=O)O. The minimum atomic E-state index is -1.13. The van der Waals surface area contributed by atoms with Gasteiger partial charge in [-0.25, -0.2) is 4.79 Å². The number of carbonyl (C=O) groups excluding carboxylic acids is 1. The highest BCUT2D eigenvalue weighted by Crippen LogP contribution is 2.40. The van der Waals surface area contributed by atoms with Crippen molar-refractivity contribution in [2.24, 2.45) is 0 Å². The summed E-state index contributed by atoms with van der Waals surface area (Å²) in [5.41, 5.74) is 0.926. The van der Waals surface area contributed by atoms with Gasteiger partial charge in [0.25, 0.3) is 11.6 Å². The van der Waals surface area contributed by atoms with E-state index in [0.29, 0.717) is 20.6 Å². The zero-order chi connectivity index (χ0) is 22.7. The Morgan fingerprint density at radius 2 is 2.03 bits per heavy atom. The molecule has 0 unspecified atom stereocenters. The van der Waals surface area contributed by atoms with Crippen LogP contribution in [0.1, 0.15) is 5.56 Å². The number of non-ortho nitro benzene ring substituents is 1. The summed E-state index contributed by atoms with van der Waals surface area (Å²) in [6, 6.07) is 8.77. The summed E-state index contributed by atoms with van der Waals surface area (Å²) >= 11 is 9.73. The third-order valence-corrected chi connectivity index (χ3v) is 5.89. The second-order valence-corrected chi connectivity index (χ2v) is 8.54. The van der Waals surface area contributed by atoms with Gasteiger partial charge in [0.2, 0.25) is 0 Å². The number of carboxylic acid groups (broad SMARTS) is 1. The molecule has 0 aromatic heterocycles. The lowest BCUT2D eigenvalue weighted by Gasteiger charge is -2.14. The van der Waals surface area contributed by atoms with Crippen molar-refractivity contribution in [1.29, 1.82) is 0 Å². The van der Waals surface area contributed by atoms with E-state index in [1.165, 1.54) is 36.3 Å². The number of amides is 1. The van der Waals surface area contributed by atoms with E-state index in [2.05, 4.69) is 15.9 Å².